The quantitative estimate of drug-likeness (QED) is 0.913. The number of hydrogen-bond acceptors (Lipinski definition) is 3. The molecule has 0 spiro atoms. The fourth-order valence-electron chi connectivity index (χ4n) is 2.04. The predicted octanol–water partition coefficient (Wildman–Crippen LogP) is 2.05. The van der Waals surface area contributed by atoms with Crippen molar-refractivity contribution in [2.75, 3.05) is 18.0 Å². The Morgan fingerprint density at radius 2 is 2.22 bits per heavy atom. The summed E-state index contributed by atoms with van der Waals surface area (Å²) >= 11 is 5.96. The summed E-state index contributed by atoms with van der Waals surface area (Å²) in [4.78, 5) is 14.0. The van der Waals surface area contributed by atoms with Crippen LogP contribution in [0.25, 0.3) is 0 Å². The average molecular weight is 269 g/mol. The highest BCUT2D eigenvalue weighted by atomic mass is 35.5. The van der Waals surface area contributed by atoms with E-state index in [0.717, 1.165) is 0 Å². The zero-order chi connectivity index (χ0) is 13.3. The fraction of sp³-hybridized carbons (Fsp3) is 0.462. The van der Waals surface area contributed by atoms with Gasteiger partial charge in [-0.2, -0.15) is 0 Å². The van der Waals surface area contributed by atoms with Crippen molar-refractivity contribution in [3.8, 4) is 5.75 Å². The molecule has 18 heavy (non-hydrogen) atoms. The third-order valence-electron chi connectivity index (χ3n) is 2.93. The fourth-order valence-corrected chi connectivity index (χ4v) is 2.21. The van der Waals surface area contributed by atoms with E-state index in [-0.39, 0.29) is 11.8 Å². The van der Waals surface area contributed by atoms with Crippen molar-refractivity contribution >= 4 is 23.2 Å². The van der Waals surface area contributed by atoms with Crippen molar-refractivity contribution in [2.45, 2.75) is 20.0 Å². The summed E-state index contributed by atoms with van der Waals surface area (Å²) in [6, 6.07) is 5.29. The number of fused-ring (bicyclic) bond motifs is 1. The third kappa shape index (κ3) is 2.31. The molecule has 1 atom stereocenters. The Hall–Kier alpha value is -1.26. The Balaban J connectivity index is 2.44. The van der Waals surface area contributed by atoms with Crippen LogP contribution in [0.2, 0.25) is 5.02 Å². The molecule has 2 N–H and O–H groups in total. The summed E-state index contributed by atoms with van der Waals surface area (Å²) in [7, 11) is 0. The topological polar surface area (TPSA) is 55.6 Å². The van der Waals surface area contributed by atoms with E-state index in [2.05, 4.69) is 0 Å². The first kappa shape index (κ1) is 13.2. The van der Waals surface area contributed by atoms with Crippen molar-refractivity contribution in [2.24, 2.45) is 11.7 Å². The highest BCUT2D eigenvalue weighted by Crippen LogP contribution is 2.37. The normalized spacial score (nSPS) is 18.8. The molecule has 1 aliphatic heterocycles. The molecule has 0 saturated carbocycles. The summed E-state index contributed by atoms with van der Waals surface area (Å²) in [6.07, 6.45) is -0.453. The molecule has 5 heteroatoms. The first-order valence-electron chi connectivity index (χ1n) is 6.02. The lowest BCUT2D eigenvalue weighted by Crippen LogP contribution is -2.49. The average Bonchev–Trinajstić information content (AvgIpc) is 2.32. The van der Waals surface area contributed by atoms with Crippen LogP contribution in [0.5, 0.6) is 5.75 Å². The molecule has 0 radical (unpaired) electrons. The van der Waals surface area contributed by atoms with Crippen LogP contribution < -0.4 is 15.4 Å². The zero-order valence-electron chi connectivity index (χ0n) is 10.5. The first-order valence-corrected chi connectivity index (χ1v) is 6.40. The number of carbonyl (C=O) groups excluding carboxylic acids is 1. The van der Waals surface area contributed by atoms with Crippen LogP contribution in [-0.4, -0.2) is 25.1 Å². The summed E-state index contributed by atoms with van der Waals surface area (Å²) in [5, 5.41) is 0.579. The van der Waals surface area contributed by atoms with E-state index in [4.69, 9.17) is 22.1 Å². The van der Waals surface area contributed by atoms with Crippen LogP contribution in [0.1, 0.15) is 13.8 Å². The predicted molar refractivity (Wildman–Crippen MR) is 72.1 cm³/mol. The van der Waals surface area contributed by atoms with Gasteiger partial charge in [-0.25, -0.2) is 0 Å². The first-order chi connectivity index (χ1) is 8.54. The maximum absolute atomic E-state index is 12.3. The zero-order valence-corrected chi connectivity index (χ0v) is 11.3. The lowest BCUT2D eigenvalue weighted by molar-refractivity contribution is -0.128. The summed E-state index contributed by atoms with van der Waals surface area (Å²) < 4.78 is 5.75. The largest absolute Gasteiger partial charge is 0.478 e. The van der Waals surface area contributed by atoms with Gasteiger partial charge in [0.15, 0.2) is 6.10 Å². The van der Waals surface area contributed by atoms with E-state index >= 15 is 0 Å². The van der Waals surface area contributed by atoms with E-state index < -0.39 is 6.10 Å². The highest BCUT2D eigenvalue weighted by molar-refractivity contribution is 6.31. The maximum atomic E-state index is 12.3. The van der Waals surface area contributed by atoms with Gasteiger partial charge in [0, 0.05) is 18.1 Å². The summed E-state index contributed by atoms with van der Waals surface area (Å²) in [6.45, 7) is 4.80. The summed E-state index contributed by atoms with van der Waals surface area (Å²) in [5.74, 6) is 0.748. The number of anilines is 1. The number of carbonyl (C=O) groups is 1. The Morgan fingerprint density at radius 3 is 2.83 bits per heavy atom. The van der Waals surface area contributed by atoms with Crippen LogP contribution in [0.15, 0.2) is 18.2 Å². The van der Waals surface area contributed by atoms with Gasteiger partial charge < -0.3 is 15.4 Å². The molecule has 1 aliphatic rings. The number of nitrogens with zero attached hydrogens (tertiary/aromatic N) is 1. The number of amides is 1. The SMILES string of the molecule is CC(C)C1Oc2ccc(Cl)cc2N(CCN)C1=O. The molecule has 2 rings (SSSR count). The van der Waals surface area contributed by atoms with Crippen molar-refractivity contribution < 1.29 is 9.53 Å². The van der Waals surface area contributed by atoms with E-state index in [1.165, 1.54) is 0 Å². The Morgan fingerprint density at radius 1 is 1.50 bits per heavy atom. The third-order valence-corrected chi connectivity index (χ3v) is 3.17. The second kappa shape index (κ2) is 5.16. The van der Waals surface area contributed by atoms with Gasteiger partial charge in [-0.15, -0.1) is 0 Å². The minimum atomic E-state index is -0.453. The lowest BCUT2D eigenvalue weighted by Gasteiger charge is -2.35. The Labute approximate surface area is 112 Å². The molecule has 1 amide bonds. The van der Waals surface area contributed by atoms with Crippen LogP contribution in [0, 0.1) is 5.92 Å². The molecule has 0 aromatic heterocycles. The minimum Gasteiger partial charge on any atom is -0.478 e. The van der Waals surface area contributed by atoms with E-state index in [9.17, 15) is 4.79 Å². The van der Waals surface area contributed by atoms with Crippen LogP contribution >= 0.6 is 11.6 Å². The smallest absolute Gasteiger partial charge is 0.268 e. The Kier molecular flexibility index (Phi) is 3.78. The van der Waals surface area contributed by atoms with Crippen molar-refractivity contribution in [3.63, 3.8) is 0 Å². The molecular formula is C13H17ClN2O2. The van der Waals surface area contributed by atoms with E-state index in [0.29, 0.717) is 29.5 Å². The van der Waals surface area contributed by atoms with Gasteiger partial charge in [0.25, 0.3) is 5.91 Å². The van der Waals surface area contributed by atoms with Gasteiger partial charge in [-0.3, -0.25) is 4.79 Å². The molecule has 1 aromatic rings. The molecule has 1 unspecified atom stereocenters. The molecule has 98 valence electrons. The van der Waals surface area contributed by atoms with Crippen LogP contribution in [-0.2, 0) is 4.79 Å². The number of hydrogen-bond donors (Lipinski definition) is 1. The van der Waals surface area contributed by atoms with Gasteiger partial charge in [-0.05, 0) is 24.1 Å². The second-order valence-corrected chi connectivity index (χ2v) is 5.11. The molecule has 1 aromatic carbocycles. The number of ether oxygens (including phenoxy) is 1. The van der Waals surface area contributed by atoms with Crippen molar-refractivity contribution in [1.82, 2.24) is 0 Å². The van der Waals surface area contributed by atoms with Gasteiger partial charge in [0.05, 0.1) is 5.69 Å². The van der Waals surface area contributed by atoms with Gasteiger partial charge in [0.1, 0.15) is 5.75 Å². The van der Waals surface area contributed by atoms with E-state index in [1.54, 1.807) is 23.1 Å². The van der Waals surface area contributed by atoms with Gasteiger partial charge >= 0.3 is 0 Å². The minimum absolute atomic E-state index is 0.0507. The molecule has 0 bridgehead atoms. The monoisotopic (exact) mass is 268 g/mol. The number of nitrogens with two attached hydrogens (primary N) is 1. The molecule has 1 heterocycles. The Bertz CT molecular complexity index is 462. The number of benzene rings is 1. The second-order valence-electron chi connectivity index (χ2n) is 4.67. The van der Waals surface area contributed by atoms with E-state index in [1.807, 2.05) is 13.8 Å². The highest BCUT2D eigenvalue weighted by Gasteiger charge is 2.35. The van der Waals surface area contributed by atoms with Crippen LogP contribution in [0.4, 0.5) is 5.69 Å². The molecule has 0 fully saturated rings. The molecule has 0 aliphatic carbocycles. The standard InChI is InChI=1S/C13H17ClN2O2/c1-8(2)12-13(17)16(6-5-15)10-7-9(14)3-4-11(10)18-12/h3-4,7-8,12H,5-6,15H2,1-2H3. The van der Waals surface area contributed by atoms with Gasteiger partial charge in [0.2, 0.25) is 0 Å². The van der Waals surface area contributed by atoms with Gasteiger partial charge in [-0.1, -0.05) is 25.4 Å². The van der Waals surface area contributed by atoms with Crippen LogP contribution in [0.3, 0.4) is 0 Å². The number of halogens is 1. The summed E-state index contributed by atoms with van der Waals surface area (Å²) in [5.41, 5.74) is 6.27. The van der Waals surface area contributed by atoms with Crippen molar-refractivity contribution in [1.29, 1.82) is 0 Å². The number of rotatable bonds is 3. The molecule has 4 nitrogen and oxygen atoms in total. The van der Waals surface area contributed by atoms with Crippen molar-refractivity contribution in [3.05, 3.63) is 23.2 Å². The maximum Gasteiger partial charge on any atom is 0.268 e. The lowest BCUT2D eigenvalue weighted by atomic mass is 10.0. The molecular weight excluding hydrogens is 252 g/mol. The molecule has 0 saturated heterocycles.